The van der Waals surface area contributed by atoms with E-state index in [9.17, 15) is 22.4 Å². The van der Waals surface area contributed by atoms with Crippen LogP contribution in [0.15, 0.2) is 30.3 Å². The minimum atomic E-state index is -3.27. The Morgan fingerprint density at radius 2 is 1.97 bits per heavy atom. The SMILES string of the molecule is CCc1nc2c(F)ccc(OCC(=O)O)c2c(OC(F)F)c1Cc1ccc(F)cc1Cl. The van der Waals surface area contributed by atoms with Gasteiger partial charge in [-0.25, -0.2) is 18.6 Å². The van der Waals surface area contributed by atoms with Crippen molar-refractivity contribution in [3.63, 3.8) is 0 Å². The number of hydrogen-bond donors (Lipinski definition) is 1. The maximum absolute atomic E-state index is 14.5. The standard InChI is InChI=1S/C21H16ClF4NO4/c1-2-15-12(7-10-3-4-11(23)8-13(10)22)20(31-21(25)26)18-16(30-9-17(28)29)6-5-14(24)19(18)27-15/h3-6,8,21H,2,7,9H2,1H3,(H,28,29). The molecule has 0 bridgehead atoms. The van der Waals surface area contributed by atoms with Crippen molar-refractivity contribution in [2.45, 2.75) is 26.4 Å². The number of halogens is 5. The number of pyridine rings is 1. The van der Waals surface area contributed by atoms with Crippen molar-refractivity contribution in [1.82, 2.24) is 4.98 Å². The molecule has 5 nitrogen and oxygen atoms in total. The van der Waals surface area contributed by atoms with Crippen LogP contribution in [0.4, 0.5) is 17.6 Å². The van der Waals surface area contributed by atoms with Crippen LogP contribution in [-0.2, 0) is 17.6 Å². The second kappa shape index (κ2) is 9.38. The minimum absolute atomic E-state index is 0.0618. The molecule has 0 fully saturated rings. The normalized spacial score (nSPS) is 11.2. The summed E-state index contributed by atoms with van der Waals surface area (Å²) in [6.07, 6.45) is 0.172. The van der Waals surface area contributed by atoms with Crippen molar-refractivity contribution in [1.29, 1.82) is 0 Å². The first-order valence-electron chi connectivity index (χ1n) is 9.08. The molecule has 0 saturated carbocycles. The summed E-state index contributed by atoms with van der Waals surface area (Å²) in [5, 5.41) is 8.72. The van der Waals surface area contributed by atoms with E-state index in [0.717, 1.165) is 24.3 Å². The second-order valence-corrected chi connectivity index (χ2v) is 6.87. The van der Waals surface area contributed by atoms with E-state index in [2.05, 4.69) is 4.98 Å². The number of fused-ring (bicyclic) bond motifs is 1. The first kappa shape index (κ1) is 22.6. The van der Waals surface area contributed by atoms with E-state index in [1.807, 2.05) is 0 Å². The predicted molar refractivity (Wildman–Crippen MR) is 105 cm³/mol. The molecule has 10 heteroatoms. The van der Waals surface area contributed by atoms with Gasteiger partial charge in [0.15, 0.2) is 6.61 Å². The average molecular weight is 458 g/mol. The van der Waals surface area contributed by atoms with Crippen LogP contribution in [0, 0.1) is 11.6 Å². The van der Waals surface area contributed by atoms with Crippen LogP contribution in [0.25, 0.3) is 10.9 Å². The highest BCUT2D eigenvalue weighted by atomic mass is 35.5. The van der Waals surface area contributed by atoms with Crippen molar-refractivity contribution in [2.24, 2.45) is 0 Å². The number of carboxylic acid groups (broad SMARTS) is 1. The molecule has 0 radical (unpaired) electrons. The Labute approximate surface area is 179 Å². The maximum Gasteiger partial charge on any atom is 0.387 e. The van der Waals surface area contributed by atoms with E-state index in [-0.39, 0.29) is 45.8 Å². The number of rotatable bonds is 8. The number of carbonyl (C=O) groups is 1. The number of nitrogens with zero attached hydrogens (tertiary/aromatic N) is 1. The number of hydrogen-bond acceptors (Lipinski definition) is 4. The quantitative estimate of drug-likeness (QED) is 0.460. The third-order valence-electron chi connectivity index (χ3n) is 4.46. The zero-order chi connectivity index (χ0) is 22.7. The van der Waals surface area contributed by atoms with E-state index in [1.54, 1.807) is 6.92 Å². The van der Waals surface area contributed by atoms with Crippen LogP contribution in [0.1, 0.15) is 23.7 Å². The molecule has 0 spiro atoms. The van der Waals surface area contributed by atoms with Gasteiger partial charge in [0.05, 0.1) is 5.39 Å². The summed E-state index contributed by atoms with van der Waals surface area (Å²) >= 11 is 6.09. The zero-order valence-corrected chi connectivity index (χ0v) is 16.9. The maximum atomic E-state index is 14.5. The van der Waals surface area contributed by atoms with Crippen molar-refractivity contribution in [3.05, 3.63) is 63.8 Å². The fraction of sp³-hybridized carbons (Fsp3) is 0.238. The van der Waals surface area contributed by atoms with E-state index >= 15 is 0 Å². The van der Waals surface area contributed by atoms with Gasteiger partial charge < -0.3 is 14.6 Å². The molecule has 0 amide bonds. The van der Waals surface area contributed by atoms with Gasteiger partial charge in [0.1, 0.15) is 28.7 Å². The molecular formula is C21H16ClF4NO4. The van der Waals surface area contributed by atoms with Gasteiger partial charge in [-0.15, -0.1) is 0 Å². The van der Waals surface area contributed by atoms with Gasteiger partial charge in [-0.05, 0) is 36.2 Å². The van der Waals surface area contributed by atoms with Crippen LogP contribution in [-0.4, -0.2) is 29.3 Å². The summed E-state index contributed by atoms with van der Waals surface area (Å²) in [5.74, 6) is -3.30. The third-order valence-corrected chi connectivity index (χ3v) is 4.81. The predicted octanol–water partition coefficient (Wildman–Crippen LogP) is 5.38. The molecular weight excluding hydrogens is 442 g/mol. The lowest BCUT2D eigenvalue weighted by Crippen LogP contribution is -2.13. The lowest BCUT2D eigenvalue weighted by Gasteiger charge is -2.19. The van der Waals surface area contributed by atoms with Crippen molar-refractivity contribution < 1.29 is 36.9 Å². The highest BCUT2D eigenvalue weighted by Gasteiger charge is 2.24. The molecule has 1 N–H and O–H groups in total. The molecule has 0 atom stereocenters. The van der Waals surface area contributed by atoms with E-state index in [4.69, 9.17) is 26.2 Å². The number of ether oxygens (including phenoxy) is 2. The molecule has 31 heavy (non-hydrogen) atoms. The van der Waals surface area contributed by atoms with Crippen molar-refractivity contribution in [3.8, 4) is 11.5 Å². The number of aryl methyl sites for hydroxylation is 1. The number of benzene rings is 2. The number of aromatic nitrogens is 1. The van der Waals surface area contributed by atoms with Gasteiger partial charge in [-0.3, -0.25) is 0 Å². The Bertz CT molecular complexity index is 1140. The van der Waals surface area contributed by atoms with Gasteiger partial charge in [-0.1, -0.05) is 24.6 Å². The molecule has 0 aliphatic rings. The summed E-state index contributed by atoms with van der Waals surface area (Å²) in [6.45, 7) is -2.37. The molecule has 3 rings (SSSR count). The molecule has 3 aromatic rings. The van der Waals surface area contributed by atoms with Crippen LogP contribution in [0.3, 0.4) is 0 Å². The van der Waals surface area contributed by atoms with E-state index in [0.29, 0.717) is 5.56 Å². The average Bonchev–Trinajstić information content (AvgIpc) is 2.70. The molecule has 0 aliphatic carbocycles. The Morgan fingerprint density at radius 1 is 1.23 bits per heavy atom. The smallest absolute Gasteiger partial charge is 0.387 e. The molecule has 1 aromatic heterocycles. The monoisotopic (exact) mass is 457 g/mol. The highest BCUT2D eigenvalue weighted by molar-refractivity contribution is 6.31. The number of aliphatic carboxylic acids is 1. The van der Waals surface area contributed by atoms with E-state index in [1.165, 1.54) is 6.07 Å². The van der Waals surface area contributed by atoms with Gasteiger partial charge >= 0.3 is 12.6 Å². The Morgan fingerprint density at radius 3 is 2.58 bits per heavy atom. The third kappa shape index (κ3) is 4.99. The summed E-state index contributed by atoms with van der Waals surface area (Å²) in [7, 11) is 0. The summed E-state index contributed by atoms with van der Waals surface area (Å²) in [6, 6.07) is 5.73. The highest BCUT2D eigenvalue weighted by Crippen LogP contribution is 2.41. The Balaban J connectivity index is 2.30. The fourth-order valence-electron chi connectivity index (χ4n) is 3.17. The Kier molecular flexibility index (Phi) is 6.84. The first-order chi connectivity index (χ1) is 14.7. The van der Waals surface area contributed by atoms with Gasteiger partial charge in [0, 0.05) is 22.7 Å². The molecule has 164 valence electrons. The first-order valence-corrected chi connectivity index (χ1v) is 9.46. The zero-order valence-electron chi connectivity index (χ0n) is 16.1. The molecule has 1 heterocycles. The van der Waals surface area contributed by atoms with Crippen molar-refractivity contribution >= 4 is 28.5 Å². The van der Waals surface area contributed by atoms with Crippen LogP contribution >= 0.6 is 11.6 Å². The van der Waals surface area contributed by atoms with Crippen molar-refractivity contribution in [2.75, 3.05) is 6.61 Å². The van der Waals surface area contributed by atoms with Gasteiger partial charge in [0.2, 0.25) is 0 Å². The summed E-state index contributed by atoms with van der Waals surface area (Å²) in [4.78, 5) is 15.1. The van der Waals surface area contributed by atoms with Crippen LogP contribution in [0.5, 0.6) is 11.5 Å². The summed E-state index contributed by atoms with van der Waals surface area (Å²) < 4.78 is 64.5. The lowest BCUT2D eigenvalue weighted by molar-refractivity contribution is -0.139. The van der Waals surface area contributed by atoms with Crippen LogP contribution < -0.4 is 9.47 Å². The lowest BCUT2D eigenvalue weighted by atomic mass is 9.98. The minimum Gasteiger partial charge on any atom is -0.481 e. The largest absolute Gasteiger partial charge is 0.481 e. The molecule has 0 unspecified atom stereocenters. The molecule has 0 aliphatic heterocycles. The summed E-state index contributed by atoms with van der Waals surface area (Å²) in [5.41, 5.74) is 0.541. The number of alkyl halides is 2. The number of carboxylic acids is 1. The van der Waals surface area contributed by atoms with Gasteiger partial charge in [0.25, 0.3) is 0 Å². The molecule has 2 aromatic carbocycles. The van der Waals surface area contributed by atoms with Crippen LogP contribution in [0.2, 0.25) is 5.02 Å². The fourth-order valence-corrected chi connectivity index (χ4v) is 3.40. The molecule has 0 saturated heterocycles. The second-order valence-electron chi connectivity index (χ2n) is 6.46. The Hall–Kier alpha value is -3.07. The topological polar surface area (TPSA) is 68.7 Å². The van der Waals surface area contributed by atoms with E-state index < -0.39 is 36.6 Å². The van der Waals surface area contributed by atoms with Gasteiger partial charge in [-0.2, -0.15) is 8.78 Å².